The number of hydrogen-bond donors (Lipinski definition) is 2. The Kier molecular flexibility index (Phi) is 6.11. The molecule has 0 unspecified atom stereocenters. The third-order valence-electron chi connectivity index (χ3n) is 4.21. The van der Waals surface area contributed by atoms with Crippen LogP contribution in [0, 0.1) is 5.82 Å². The lowest BCUT2D eigenvalue weighted by molar-refractivity contribution is 0.0978. The molecule has 0 radical (unpaired) electrons. The molecule has 0 saturated heterocycles. The van der Waals surface area contributed by atoms with E-state index in [1.807, 2.05) is 0 Å². The number of benzene rings is 3. The zero-order chi connectivity index (χ0) is 22.1. The number of halogens is 4. The first kappa shape index (κ1) is 21.5. The summed E-state index contributed by atoms with van der Waals surface area (Å²) in [7, 11) is 0. The Balaban J connectivity index is 1.51. The zero-order valence-corrected chi connectivity index (χ0v) is 18.5. The number of oxazole rings is 1. The van der Waals surface area contributed by atoms with E-state index >= 15 is 0 Å². The van der Waals surface area contributed by atoms with Crippen LogP contribution in [0.3, 0.4) is 0 Å². The second-order valence-electron chi connectivity index (χ2n) is 6.36. The van der Waals surface area contributed by atoms with E-state index in [-0.39, 0.29) is 15.7 Å². The predicted molar refractivity (Wildman–Crippen MR) is 125 cm³/mol. The van der Waals surface area contributed by atoms with Crippen LogP contribution in [-0.4, -0.2) is 16.0 Å². The monoisotopic (exact) mass is 493 g/mol. The minimum absolute atomic E-state index is 0.0160. The van der Waals surface area contributed by atoms with Crippen LogP contribution in [0.25, 0.3) is 22.6 Å². The summed E-state index contributed by atoms with van der Waals surface area (Å²) in [6, 6.07) is 13.6. The van der Waals surface area contributed by atoms with Gasteiger partial charge in [-0.25, -0.2) is 9.37 Å². The molecule has 0 aliphatic carbocycles. The molecule has 2 N–H and O–H groups in total. The number of carbonyl (C=O) groups is 1. The van der Waals surface area contributed by atoms with Crippen molar-refractivity contribution in [1.82, 2.24) is 10.3 Å². The summed E-state index contributed by atoms with van der Waals surface area (Å²) < 4.78 is 18.9. The lowest BCUT2D eigenvalue weighted by atomic mass is 10.2. The molecule has 0 spiro atoms. The van der Waals surface area contributed by atoms with E-state index in [0.29, 0.717) is 38.3 Å². The number of amides is 1. The van der Waals surface area contributed by atoms with Crippen LogP contribution in [0.2, 0.25) is 15.1 Å². The number of aromatic nitrogens is 1. The van der Waals surface area contributed by atoms with Gasteiger partial charge in [0.25, 0.3) is 5.91 Å². The standard InChI is InChI=1S/C21H11Cl3FN3O2S/c22-10-1-4-14(15(23)7-10)20-27-17-9-12(3-6-18(17)30-20)26-21(31)28-19(29)13-5-2-11(25)8-16(13)24/h1-9H,(H2,26,28,29,31). The topological polar surface area (TPSA) is 67.2 Å². The third-order valence-corrected chi connectivity index (χ3v) is 5.27. The number of nitrogens with one attached hydrogen (secondary N) is 2. The number of carbonyl (C=O) groups excluding carboxylic acids is 1. The van der Waals surface area contributed by atoms with Gasteiger partial charge in [0.15, 0.2) is 10.7 Å². The lowest BCUT2D eigenvalue weighted by Crippen LogP contribution is -2.34. The van der Waals surface area contributed by atoms with E-state index in [0.717, 1.165) is 12.1 Å². The highest BCUT2D eigenvalue weighted by Crippen LogP contribution is 2.32. The fraction of sp³-hybridized carbons (Fsp3) is 0. The minimum Gasteiger partial charge on any atom is -0.436 e. The zero-order valence-electron chi connectivity index (χ0n) is 15.4. The summed E-state index contributed by atoms with van der Waals surface area (Å²) in [6.45, 7) is 0. The normalized spacial score (nSPS) is 10.8. The van der Waals surface area contributed by atoms with E-state index in [1.165, 1.54) is 6.07 Å². The Morgan fingerprint density at radius 3 is 2.55 bits per heavy atom. The summed E-state index contributed by atoms with van der Waals surface area (Å²) in [6.07, 6.45) is 0. The lowest BCUT2D eigenvalue weighted by Gasteiger charge is -2.10. The molecule has 31 heavy (non-hydrogen) atoms. The number of nitrogens with zero attached hydrogens (tertiary/aromatic N) is 1. The Morgan fingerprint density at radius 2 is 1.81 bits per heavy atom. The predicted octanol–water partition coefficient (Wildman–Crippen LogP) is 6.72. The smallest absolute Gasteiger partial charge is 0.258 e. The van der Waals surface area contributed by atoms with Crippen molar-refractivity contribution in [2.24, 2.45) is 0 Å². The second kappa shape index (κ2) is 8.80. The molecule has 0 aliphatic rings. The molecule has 4 aromatic rings. The molecule has 0 fully saturated rings. The first-order chi connectivity index (χ1) is 14.8. The van der Waals surface area contributed by atoms with Crippen molar-refractivity contribution in [3.8, 4) is 11.5 Å². The van der Waals surface area contributed by atoms with E-state index in [1.54, 1.807) is 36.4 Å². The molecular formula is C21H11Cl3FN3O2S. The summed E-state index contributed by atoms with van der Waals surface area (Å²) in [5.74, 6) is -0.761. The van der Waals surface area contributed by atoms with Crippen molar-refractivity contribution in [3.63, 3.8) is 0 Å². The summed E-state index contributed by atoms with van der Waals surface area (Å²) in [4.78, 5) is 16.8. The van der Waals surface area contributed by atoms with Gasteiger partial charge >= 0.3 is 0 Å². The number of anilines is 1. The van der Waals surface area contributed by atoms with Crippen LogP contribution in [0.15, 0.2) is 59.0 Å². The molecule has 10 heteroatoms. The van der Waals surface area contributed by atoms with Gasteiger partial charge in [0.1, 0.15) is 11.3 Å². The van der Waals surface area contributed by atoms with Gasteiger partial charge in [-0.15, -0.1) is 0 Å². The molecule has 1 aromatic heterocycles. The number of rotatable bonds is 3. The summed E-state index contributed by atoms with van der Waals surface area (Å²) in [5, 5.41) is 6.33. The Morgan fingerprint density at radius 1 is 1.00 bits per heavy atom. The van der Waals surface area contributed by atoms with Crippen molar-refractivity contribution in [3.05, 3.63) is 81.0 Å². The Bertz CT molecular complexity index is 1340. The second-order valence-corrected chi connectivity index (χ2v) is 8.02. The molecule has 0 bridgehead atoms. The Hall–Kier alpha value is -2.71. The van der Waals surface area contributed by atoms with Gasteiger partial charge in [0, 0.05) is 10.7 Å². The molecule has 1 heterocycles. The van der Waals surface area contributed by atoms with E-state index in [4.69, 9.17) is 51.4 Å². The quantitative estimate of drug-likeness (QED) is 0.309. The van der Waals surface area contributed by atoms with Gasteiger partial charge in [-0.1, -0.05) is 34.8 Å². The first-order valence-electron chi connectivity index (χ1n) is 8.73. The molecule has 156 valence electrons. The first-order valence-corrected chi connectivity index (χ1v) is 10.3. The maximum Gasteiger partial charge on any atom is 0.258 e. The molecule has 0 atom stereocenters. The largest absolute Gasteiger partial charge is 0.436 e. The number of thiocarbonyl (C=S) groups is 1. The van der Waals surface area contributed by atoms with E-state index in [2.05, 4.69) is 15.6 Å². The molecule has 4 rings (SSSR count). The average Bonchev–Trinajstić information content (AvgIpc) is 3.10. The van der Waals surface area contributed by atoms with E-state index in [9.17, 15) is 9.18 Å². The van der Waals surface area contributed by atoms with Crippen LogP contribution < -0.4 is 10.6 Å². The molecule has 5 nitrogen and oxygen atoms in total. The molecule has 0 aliphatic heterocycles. The Labute approximate surface area is 196 Å². The van der Waals surface area contributed by atoms with Crippen LogP contribution in [0.5, 0.6) is 0 Å². The highest BCUT2D eigenvalue weighted by molar-refractivity contribution is 7.80. The average molecular weight is 495 g/mol. The maximum absolute atomic E-state index is 13.2. The highest BCUT2D eigenvalue weighted by Gasteiger charge is 2.15. The molecule has 0 saturated carbocycles. The SMILES string of the molecule is O=C(NC(=S)Nc1ccc2oc(-c3ccc(Cl)cc3Cl)nc2c1)c1ccc(F)cc1Cl. The van der Waals surface area contributed by atoms with Gasteiger partial charge in [-0.3, -0.25) is 10.1 Å². The fourth-order valence-electron chi connectivity index (χ4n) is 2.79. The molecule has 3 aromatic carbocycles. The van der Waals surface area contributed by atoms with Gasteiger partial charge in [0.2, 0.25) is 5.89 Å². The minimum atomic E-state index is -0.565. The summed E-state index contributed by atoms with van der Waals surface area (Å²) >= 11 is 23.2. The van der Waals surface area contributed by atoms with Crippen LogP contribution >= 0.6 is 47.0 Å². The van der Waals surface area contributed by atoms with Crippen LogP contribution in [0.1, 0.15) is 10.4 Å². The van der Waals surface area contributed by atoms with Crippen molar-refractivity contribution >= 4 is 74.8 Å². The van der Waals surface area contributed by atoms with Gasteiger partial charge in [-0.05, 0) is 66.8 Å². The molecule has 1 amide bonds. The van der Waals surface area contributed by atoms with Crippen molar-refractivity contribution < 1.29 is 13.6 Å². The van der Waals surface area contributed by atoms with E-state index < -0.39 is 11.7 Å². The van der Waals surface area contributed by atoms with Crippen LogP contribution in [0.4, 0.5) is 10.1 Å². The maximum atomic E-state index is 13.2. The third kappa shape index (κ3) is 4.80. The van der Waals surface area contributed by atoms with Gasteiger partial charge < -0.3 is 9.73 Å². The van der Waals surface area contributed by atoms with Crippen molar-refractivity contribution in [2.75, 3.05) is 5.32 Å². The van der Waals surface area contributed by atoms with Crippen LogP contribution in [-0.2, 0) is 0 Å². The molecular weight excluding hydrogens is 484 g/mol. The number of fused-ring (bicyclic) bond motifs is 1. The number of hydrogen-bond acceptors (Lipinski definition) is 4. The van der Waals surface area contributed by atoms with Crippen molar-refractivity contribution in [1.29, 1.82) is 0 Å². The summed E-state index contributed by atoms with van der Waals surface area (Å²) in [5.41, 5.74) is 2.38. The van der Waals surface area contributed by atoms with Gasteiger partial charge in [-0.2, -0.15) is 0 Å². The van der Waals surface area contributed by atoms with Gasteiger partial charge in [0.05, 0.1) is 21.2 Å². The fourth-order valence-corrected chi connectivity index (χ4v) is 3.74. The highest BCUT2D eigenvalue weighted by atomic mass is 35.5. The van der Waals surface area contributed by atoms with Crippen molar-refractivity contribution in [2.45, 2.75) is 0 Å².